The van der Waals surface area contributed by atoms with Gasteiger partial charge >= 0.3 is 5.97 Å². The Balaban J connectivity index is 1.88. The van der Waals surface area contributed by atoms with Crippen molar-refractivity contribution in [3.8, 4) is 0 Å². The van der Waals surface area contributed by atoms with Gasteiger partial charge in [-0.05, 0) is 44.5 Å². The fourth-order valence-electron chi connectivity index (χ4n) is 2.82. The topological polar surface area (TPSA) is 82.3 Å². The molecule has 3 rings (SSSR count). The van der Waals surface area contributed by atoms with Crippen molar-refractivity contribution >= 4 is 35.2 Å². The summed E-state index contributed by atoms with van der Waals surface area (Å²) in [5, 5.41) is 15.1. The molecule has 1 heterocycles. The monoisotopic (exact) mass is 349 g/mol. The van der Waals surface area contributed by atoms with Crippen molar-refractivity contribution in [3.05, 3.63) is 59.2 Å². The van der Waals surface area contributed by atoms with Crippen LogP contribution in [0.1, 0.15) is 28.4 Å². The van der Waals surface area contributed by atoms with Crippen molar-refractivity contribution in [3.63, 3.8) is 0 Å². The van der Waals surface area contributed by atoms with Gasteiger partial charge < -0.3 is 5.11 Å². The minimum Gasteiger partial charge on any atom is -0.478 e. The lowest BCUT2D eigenvalue weighted by Gasteiger charge is -2.13. The molecule has 1 atom stereocenters. The van der Waals surface area contributed by atoms with E-state index in [0.29, 0.717) is 22.6 Å². The lowest BCUT2D eigenvalue weighted by atomic mass is 10.0. The Morgan fingerprint density at radius 3 is 2.50 bits per heavy atom. The van der Waals surface area contributed by atoms with E-state index in [1.54, 1.807) is 32.0 Å². The average Bonchev–Trinajstić information content (AvgIpc) is 2.87. The van der Waals surface area contributed by atoms with Crippen LogP contribution < -0.4 is 5.01 Å². The van der Waals surface area contributed by atoms with Crippen LogP contribution >= 0.6 is 0 Å². The Hall–Kier alpha value is -3.28. The number of anilines is 1. The van der Waals surface area contributed by atoms with Gasteiger partial charge in [-0.3, -0.25) is 9.79 Å². The third-order valence-corrected chi connectivity index (χ3v) is 4.29. The second kappa shape index (κ2) is 6.92. The maximum absolute atomic E-state index is 12.7. The number of nitrogens with zero attached hydrogens (tertiary/aromatic N) is 3. The maximum Gasteiger partial charge on any atom is 0.338 e. The highest BCUT2D eigenvalue weighted by Gasteiger charge is 2.33. The molecule has 1 amide bonds. The zero-order valence-electron chi connectivity index (χ0n) is 14.8. The number of amides is 1. The summed E-state index contributed by atoms with van der Waals surface area (Å²) in [6.45, 7) is 5.45. The lowest BCUT2D eigenvalue weighted by molar-refractivity contribution is -0.118. The smallest absolute Gasteiger partial charge is 0.338 e. The Morgan fingerprint density at radius 1 is 1.15 bits per heavy atom. The summed E-state index contributed by atoms with van der Waals surface area (Å²) in [6.07, 6.45) is 1.47. The third kappa shape index (κ3) is 3.26. The standard InChI is InChI=1S/C20H19N3O3/c1-12-7-9-15(10-8-12)23-19(24)16(14(3)22-23)11-21-17-6-4-5-13(2)18(17)20(25)26/h4-11,16H,1-3H3,(H,25,26)/b21-11+. The van der Waals surface area contributed by atoms with E-state index in [1.807, 2.05) is 31.2 Å². The highest BCUT2D eigenvalue weighted by Crippen LogP contribution is 2.26. The lowest BCUT2D eigenvalue weighted by Crippen LogP contribution is -2.27. The normalized spacial score (nSPS) is 17.0. The van der Waals surface area contributed by atoms with Crippen LogP contribution in [-0.4, -0.2) is 28.9 Å². The molecule has 1 aliphatic rings. The first-order chi connectivity index (χ1) is 12.4. The minimum atomic E-state index is -1.04. The Morgan fingerprint density at radius 2 is 1.85 bits per heavy atom. The molecule has 0 radical (unpaired) electrons. The highest BCUT2D eigenvalue weighted by atomic mass is 16.4. The average molecular weight is 349 g/mol. The summed E-state index contributed by atoms with van der Waals surface area (Å²) in [7, 11) is 0. The van der Waals surface area contributed by atoms with Crippen LogP contribution in [0.25, 0.3) is 0 Å². The number of hydrogen-bond donors (Lipinski definition) is 1. The predicted molar refractivity (Wildman–Crippen MR) is 102 cm³/mol. The molecule has 6 nitrogen and oxygen atoms in total. The number of hydrazone groups is 1. The number of carboxylic acids is 1. The van der Waals surface area contributed by atoms with Crippen molar-refractivity contribution < 1.29 is 14.7 Å². The summed E-state index contributed by atoms with van der Waals surface area (Å²) in [6, 6.07) is 12.6. The van der Waals surface area contributed by atoms with Gasteiger partial charge in [0.1, 0.15) is 5.92 Å². The van der Waals surface area contributed by atoms with Crippen LogP contribution in [0.15, 0.2) is 52.6 Å². The first-order valence-corrected chi connectivity index (χ1v) is 8.21. The van der Waals surface area contributed by atoms with E-state index in [9.17, 15) is 14.7 Å². The molecule has 1 N–H and O–H groups in total. The highest BCUT2D eigenvalue weighted by molar-refractivity contribution is 6.23. The number of carboxylic acid groups (broad SMARTS) is 1. The fourth-order valence-corrected chi connectivity index (χ4v) is 2.82. The van der Waals surface area contributed by atoms with E-state index >= 15 is 0 Å². The molecule has 0 saturated heterocycles. The molecule has 132 valence electrons. The molecule has 0 fully saturated rings. The Kier molecular flexibility index (Phi) is 4.67. The molecule has 2 aromatic rings. The Labute approximate surface area is 151 Å². The molecular weight excluding hydrogens is 330 g/mol. The van der Waals surface area contributed by atoms with Gasteiger partial charge in [-0.15, -0.1) is 0 Å². The van der Waals surface area contributed by atoms with Gasteiger partial charge in [-0.25, -0.2) is 4.79 Å². The van der Waals surface area contributed by atoms with Gasteiger partial charge in [0.15, 0.2) is 0 Å². The number of rotatable bonds is 4. The van der Waals surface area contributed by atoms with Gasteiger partial charge in [0, 0.05) is 6.21 Å². The maximum atomic E-state index is 12.7. The summed E-state index contributed by atoms with van der Waals surface area (Å²) in [5.41, 5.74) is 3.49. The van der Waals surface area contributed by atoms with Crippen molar-refractivity contribution in [2.75, 3.05) is 5.01 Å². The number of carbonyl (C=O) groups is 2. The molecule has 1 aliphatic heterocycles. The van der Waals surface area contributed by atoms with Gasteiger partial charge in [0.05, 0.1) is 22.6 Å². The summed E-state index contributed by atoms with van der Waals surface area (Å²) >= 11 is 0. The molecular formula is C20H19N3O3. The van der Waals surface area contributed by atoms with Crippen LogP contribution in [0.5, 0.6) is 0 Å². The van der Waals surface area contributed by atoms with Crippen molar-refractivity contribution in [1.29, 1.82) is 0 Å². The van der Waals surface area contributed by atoms with E-state index in [0.717, 1.165) is 5.56 Å². The quantitative estimate of drug-likeness (QED) is 0.854. The first kappa shape index (κ1) is 17.5. The number of benzene rings is 2. The second-order valence-corrected chi connectivity index (χ2v) is 6.26. The van der Waals surface area contributed by atoms with Gasteiger partial charge in [-0.2, -0.15) is 10.1 Å². The predicted octanol–water partition coefficient (Wildman–Crippen LogP) is 3.74. The van der Waals surface area contributed by atoms with Crippen molar-refractivity contribution in [1.82, 2.24) is 0 Å². The van der Waals surface area contributed by atoms with Gasteiger partial charge in [0.25, 0.3) is 5.91 Å². The number of aryl methyl sites for hydroxylation is 2. The van der Waals surface area contributed by atoms with Gasteiger partial charge in [-0.1, -0.05) is 29.8 Å². The zero-order valence-corrected chi connectivity index (χ0v) is 14.8. The molecule has 0 saturated carbocycles. The van der Waals surface area contributed by atoms with Crippen LogP contribution in [0.3, 0.4) is 0 Å². The van der Waals surface area contributed by atoms with E-state index < -0.39 is 11.9 Å². The van der Waals surface area contributed by atoms with Crippen LogP contribution in [-0.2, 0) is 4.79 Å². The number of carbonyl (C=O) groups excluding carboxylic acids is 1. The third-order valence-electron chi connectivity index (χ3n) is 4.29. The molecule has 1 unspecified atom stereocenters. The molecule has 6 heteroatoms. The molecule has 0 spiro atoms. The molecule has 26 heavy (non-hydrogen) atoms. The second-order valence-electron chi connectivity index (χ2n) is 6.26. The molecule has 0 bridgehead atoms. The van der Waals surface area contributed by atoms with E-state index in [1.165, 1.54) is 11.2 Å². The minimum absolute atomic E-state index is 0.138. The number of aliphatic imine (C=N–C) groups is 1. The number of aromatic carboxylic acids is 1. The largest absolute Gasteiger partial charge is 0.478 e. The first-order valence-electron chi connectivity index (χ1n) is 8.21. The fraction of sp³-hybridized carbons (Fsp3) is 0.200. The summed E-state index contributed by atoms with van der Waals surface area (Å²) in [5.74, 6) is -1.86. The Bertz CT molecular complexity index is 930. The zero-order chi connectivity index (χ0) is 18.8. The van der Waals surface area contributed by atoms with Crippen LogP contribution in [0, 0.1) is 19.8 Å². The van der Waals surface area contributed by atoms with Gasteiger partial charge in [0.2, 0.25) is 0 Å². The van der Waals surface area contributed by atoms with E-state index in [4.69, 9.17) is 0 Å². The molecule has 0 aliphatic carbocycles. The van der Waals surface area contributed by atoms with Crippen LogP contribution in [0.4, 0.5) is 11.4 Å². The summed E-state index contributed by atoms with van der Waals surface area (Å²) < 4.78 is 0. The SMILES string of the molecule is CC1=NN(c2ccc(C)cc2)C(=O)C1/C=N/c1cccc(C)c1C(=O)O. The number of hydrogen-bond acceptors (Lipinski definition) is 4. The van der Waals surface area contributed by atoms with Crippen molar-refractivity contribution in [2.45, 2.75) is 20.8 Å². The van der Waals surface area contributed by atoms with Crippen LogP contribution in [0.2, 0.25) is 0 Å². The van der Waals surface area contributed by atoms with E-state index in [2.05, 4.69) is 10.1 Å². The summed E-state index contributed by atoms with van der Waals surface area (Å²) in [4.78, 5) is 28.5. The molecule has 2 aromatic carbocycles. The van der Waals surface area contributed by atoms with E-state index in [-0.39, 0.29) is 11.5 Å². The molecule has 0 aromatic heterocycles. The van der Waals surface area contributed by atoms with Crippen molar-refractivity contribution in [2.24, 2.45) is 16.0 Å².